The predicted octanol–water partition coefficient (Wildman–Crippen LogP) is 8.44. The molecule has 0 heterocycles. The molecule has 0 amide bonds. The van der Waals surface area contributed by atoms with Crippen LogP contribution in [0.5, 0.6) is 5.75 Å². The minimum absolute atomic E-state index is 0.0167. The van der Waals surface area contributed by atoms with Crippen molar-refractivity contribution in [2.45, 2.75) is 91.4 Å². The Morgan fingerprint density at radius 2 is 0.881 bits per heavy atom. The smallest absolute Gasteiger partial charge is 0.206 e. The molecule has 0 spiro atoms. The lowest BCUT2D eigenvalue weighted by Gasteiger charge is -2.30. The van der Waals surface area contributed by atoms with E-state index in [1.54, 1.807) is 84.9 Å². The number of hydrogen-bond donors (Lipinski definition) is 0. The van der Waals surface area contributed by atoms with Gasteiger partial charge in [-0.25, -0.2) is 16.8 Å². The Labute approximate surface area is 251 Å². The highest BCUT2D eigenvalue weighted by molar-refractivity contribution is 7.91. The maximum atomic E-state index is 13.4. The topological polar surface area (TPSA) is 77.5 Å². The van der Waals surface area contributed by atoms with Crippen LogP contribution in [-0.2, 0) is 30.7 Å². The molecule has 0 radical (unpaired) electrons. The molecule has 222 valence electrons. The maximum Gasteiger partial charge on any atom is 0.206 e. The standard InChI is InChI=1S/C35H40O5S2/c1-7-34(5,8-2)27-12-20-31(21-13-27)42(38,39)33-24-16-29(17-25-33)40-35(6,9-3)28-14-22-32(23-15-28)41(36,37)30-18-10-26(4)11-19-30/h10-25H,7-9H2,1-6H3. The fraction of sp³-hybridized carbons (Fsp3) is 0.314. The van der Waals surface area contributed by atoms with Crippen LogP contribution in [0.1, 0.15) is 70.6 Å². The van der Waals surface area contributed by atoms with Gasteiger partial charge in [0.2, 0.25) is 19.7 Å². The van der Waals surface area contributed by atoms with Crippen LogP contribution in [0.2, 0.25) is 0 Å². The maximum absolute atomic E-state index is 13.4. The van der Waals surface area contributed by atoms with Gasteiger partial charge in [-0.2, -0.15) is 0 Å². The zero-order valence-electron chi connectivity index (χ0n) is 25.2. The third-order valence-corrected chi connectivity index (χ3v) is 12.3. The summed E-state index contributed by atoms with van der Waals surface area (Å²) in [5.74, 6) is 0.520. The highest BCUT2D eigenvalue weighted by atomic mass is 32.2. The third kappa shape index (κ3) is 6.18. The molecule has 0 aromatic heterocycles. The minimum Gasteiger partial charge on any atom is -0.483 e. The summed E-state index contributed by atoms with van der Waals surface area (Å²) < 4.78 is 59.2. The first-order valence-electron chi connectivity index (χ1n) is 14.4. The fourth-order valence-corrected chi connectivity index (χ4v) is 7.47. The molecule has 4 rings (SSSR count). The van der Waals surface area contributed by atoms with E-state index in [0.717, 1.165) is 29.5 Å². The summed E-state index contributed by atoms with van der Waals surface area (Å²) in [6, 6.07) is 27.2. The van der Waals surface area contributed by atoms with Gasteiger partial charge in [0.05, 0.1) is 19.6 Å². The van der Waals surface area contributed by atoms with Crippen LogP contribution in [0.3, 0.4) is 0 Å². The fourth-order valence-electron chi connectivity index (χ4n) is 4.95. The van der Waals surface area contributed by atoms with E-state index in [9.17, 15) is 16.8 Å². The number of rotatable bonds is 11. The molecule has 0 saturated heterocycles. The Morgan fingerprint density at radius 3 is 1.26 bits per heavy atom. The summed E-state index contributed by atoms with van der Waals surface area (Å²) >= 11 is 0. The van der Waals surface area contributed by atoms with Crippen molar-refractivity contribution in [1.29, 1.82) is 0 Å². The van der Waals surface area contributed by atoms with Crippen molar-refractivity contribution in [2.24, 2.45) is 0 Å². The summed E-state index contributed by atoms with van der Waals surface area (Å²) in [4.78, 5) is 0.917. The van der Waals surface area contributed by atoms with Gasteiger partial charge < -0.3 is 4.74 Å². The van der Waals surface area contributed by atoms with Crippen molar-refractivity contribution in [1.82, 2.24) is 0 Å². The van der Waals surface area contributed by atoms with Crippen molar-refractivity contribution in [3.8, 4) is 5.75 Å². The summed E-state index contributed by atoms with van der Waals surface area (Å²) in [7, 11) is -7.33. The second kappa shape index (κ2) is 12.1. The molecule has 0 fully saturated rings. The normalized spacial score (nSPS) is 13.9. The first kappa shape index (κ1) is 31.5. The molecule has 1 unspecified atom stereocenters. The number of sulfone groups is 2. The number of ether oxygens (including phenoxy) is 1. The van der Waals surface area contributed by atoms with Gasteiger partial charge in [0, 0.05) is 0 Å². The van der Waals surface area contributed by atoms with E-state index in [-0.39, 0.29) is 25.0 Å². The van der Waals surface area contributed by atoms with Gasteiger partial charge >= 0.3 is 0 Å². The highest BCUT2D eigenvalue weighted by Crippen LogP contribution is 2.35. The molecule has 0 N–H and O–H groups in total. The van der Waals surface area contributed by atoms with E-state index in [2.05, 4.69) is 20.8 Å². The molecular weight excluding hydrogens is 565 g/mol. The van der Waals surface area contributed by atoms with E-state index < -0.39 is 25.3 Å². The molecule has 4 aromatic carbocycles. The molecule has 0 saturated carbocycles. The van der Waals surface area contributed by atoms with Gasteiger partial charge in [0.25, 0.3) is 0 Å². The van der Waals surface area contributed by atoms with E-state index >= 15 is 0 Å². The van der Waals surface area contributed by atoms with E-state index in [0.29, 0.717) is 12.2 Å². The van der Waals surface area contributed by atoms with Gasteiger partial charge in [-0.1, -0.05) is 69.7 Å². The monoisotopic (exact) mass is 604 g/mol. The lowest BCUT2D eigenvalue weighted by atomic mass is 9.78. The Balaban J connectivity index is 1.53. The molecular formula is C35H40O5S2. The van der Waals surface area contributed by atoms with Crippen molar-refractivity contribution < 1.29 is 21.6 Å². The largest absolute Gasteiger partial charge is 0.483 e. The molecule has 0 bridgehead atoms. The summed E-state index contributed by atoms with van der Waals surface area (Å²) in [6.07, 6.45) is 2.56. The second-order valence-electron chi connectivity index (χ2n) is 11.3. The van der Waals surface area contributed by atoms with Crippen molar-refractivity contribution in [2.75, 3.05) is 0 Å². The number of aryl methyl sites for hydroxylation is 1. The van der Waals surface area contributed by atoms with E-state index in [1.807, 2.05) is 32.9 Å². The minimum atomic E-state index is -3.69. The molecule has 7 heteroatoms. The molecule has 5 nitrogen and oxygen atoms in total. The van der Waals surface area contributed by atoms with Gasteiger partial charge in [-0.3, -0.25) is 0 Å². The van der Waals surface area contributed by atoms with Crippen LogP contribution in [0.25, 0.3) is 0 Å². The average molecular weight is 605 g/mol. The Bertz CT molecular complexity index is 1720. The van der Waals surface area contributed by atoms with Crippen LogP contribution in [-0.4, -0.2) is 16.8 Å². The van der Waals surface area contributed by atoms with Crippen LogP contribution in [0.15, 0.2) is 117 Å². The van der Waals surface area contributed by atoms with Gasteiger partial charge in [-0.05, 0) is 110 Å². The Hall–Kier alpha value is -3.42. The Kier molecular flexibility index (Phi) is 9.05. The number of hydrogen-bond acceptors (Lipinski definition) is 5. The van der Waals surface area contributed by atoms with Crippen LogP contribution >= 0.6 is 0 Å². The van der Waals surface area contributed by atoms with Crippen molar-refractivity contribution >= 4 is 19.7 Å². The highest BCUT2D eigenvalue weighted by Gasteiger charge is 2.29. The lowest BCUT2D eigenvalue weighted by molar-refractivity contribution is 0.0825. The first-order chi connectivity index (χ1) is 19.8. The van der Waals surface area contributed by atoms with Crippen LogP contribution in [0, 0.1) is 6.92 Å². The summed E-state index contributed by atoms with van der Waals surface area (Å²) in [5, 5.41) is 0. The SMILES string of the molecule is CCC(C)(CC)c1ccc(S(=O)(=O)c2ccc(OC(C)(CC)c3ccc(S(=O)(=O)c4ccc(C)cc4)cc3)cc2)cc1. The quantitative estimate of drug-likeness (QED) is 0.172. The molecule has 42 heavy (non-hydrogen) atoms. The molecule has 0 aliphatic heterocycles. The Morgan fingerprint density at radius 1 is 0.524 bits per heavy atom. The summed E-state index contributed by atoms with van der Waals surface area (Å²) in [6.45, 7) is 12.3. The van der Waals surface area contributed by atoms with E-state index in [4.69, 9.17) is 4.74 Å². The molecule has 1 atom stereocenters. The van der Waals surface area contributed by atoms with Crippen molar-refractivity contribution in [3.05, 3.63) is 114 Å². The molecule has 0 aliphatic carbocycles. The molecule has 4 aromatic rings. The second-order valence-corrected chi connectivity index (χ2v) is 15.2. The van der Waals surface area contributed by atoms with Crippen LogP contribution < -0.4 is 4.74 Å². The van der Waals surface area contributed by atoms with Gasteiger partial charge in [0.15, 0.2) is 0 Å². The van der Waals surface area contributed by atoms with Crippen LogP contribution in [0.4, 0.5) is 0 Å². The summed E-state index contributed by atoms with van der Waals surface area (Å²) in [5.41, 5.74) is 2.20. The van der Waals surface area contributed by atoms with Gasteiger partial charge in [0.1, 0.15) is 11.4 Å². The lowest BCUT2D eigenvalue weighted by Crippen LogP contribution is -2.28. The zero-order chi connectivity index (χ0) is 30.8. The van der Waals surface area contributed by atoms with E-state index in [1.165, 1.54) is 0 Å². The third-order valence-electron chi connectivity index (χ3n) is 8.68. The first-order valence-corrected chi connectivity index (χ1v) is 17.3. The van der Waals surface area contributed by atoms with Crippen molar-refractivity contribution in [3.63, 3.8) is 0 Å². The number of benzene rings is 4. The zero-order valence-corrected chi connectivity index (χ0v) is 26.8. The van der Waals surface area contributed by atoms with Gasteiger partial charge in [-0.15, -0.1) is 0 Å². The predicted molar refractivity (Wildman–Crippen MR) is 168 cm³/mol. The average Bonchev–Trinajstić information content (AvgIpc) is 3.01. The molecule has 0 aliphatic rings.